The summed E-state index contributed by atoms with van der Waals surface area (Å²) in [5.74, 6) is 0.674. The average Bonchev–Trinajstić information content (AvgIpc) is 2.83. The number of aromatic nitrogens is 1. The van der Waals surface area contributed by atoms with E-state index in [1.54, 1.807) is 0 Å². The van der Waals surface area contributed by atoms with Gasteiger partial charge in [-0.2, -0.15) is 0 Å². The van der Waals surface area contributed by atoms with E-state index in [1.807, 2.05) is 12.3 Å². The lowest BCUT2D eigenvalue weighted by atomic mass is 9.83. The molecule has 0 unspecified atom stereocenters. The van der Waals surface area contributed by atoms with Gasteiger partial charge in [0.25, 0.3) is 0 Å². The molecule has 2 rings (SSSR count). The Balaban J connectivity index is 2.53. The number of nitrogens with two attached hydrogens (primary N) is 1. The van der Waals surface area contributed by atoms with E-state index in [0.717, 1.165) is 5.69 Å². The molecule has 0 aromatic carbocycles. The van der Waals surface area contributed by atoms with Crippen molar-refractivity contribution in [2.45, 2.75) is 44.9 Å². The van der Waals surface area contributed by atoms with Crippen molar-refractivity contribution in [1.82, 2.24) is 4.98 Å². The van der Waals surface area contributed by atoms with Crippen LogP contribution in [-0.2, 0) is 5.41 Å². The van der Waals surface area contributed by atoms with Crippen LogP contribution in [0.3, 0.4) is 0 Å². The number of nitrogens with zero attached hydrogens (tertiary/aromatic N) is 1. The van der Waals surface area contributed by atoms with Gasteiger partial charge in [-0.05, 0) is 24.3 Å². The molecule has 1 fully saturated rings. The lowest BCUT2D eigenvalue weighted by Gasteiger charge is -2.24. The fourth-order valence-corrected chi connectivity index (χ4v) is 1.98. The first kappa shape index (κ1) is 9.50. The zero-order valence-corrected chi connectivity index (χ0v) is 9.17. The van der Waals surface area contributed by atoms with Crippen LogP contribution in [0.15, 0.2) is 12.3 Å². The van der Waals surface area contributed by atoms with E-state index in [0.29, 0.717) is 5.92 Å². The molecule has 1 aliphatic carbocycles. The van der Waals surface area contributed by atoms with E-state index in [-0.39, 0.29) is 5.41 Å². The molecule has 2 N–H and O–H groups in total. The highest BCUT2D eigenvalue weighted by Gasteiger charge is 2.32. The number of nitrogen functional groups attached to an aromatic ring is 1. The first-order valence-corrected chi connectivity index (χ1v) is 5.25. The van der Waals surface area contributed by atoms with Crippen molar-refractivity contribution in [3.8, 4) is 0 Å². The molecule has 0 radical (unpaired) electrons. The Morgan fingerprint density at radius 1 is 1.36 bits per heavy atom. The van der Waals surface area contributed by atoms with Crippen LogP contribution in [0.4, 0.5) is 5.69 Å². The quantitative estimate of drug-likeness (QED) is 0.739. The van der Waals surface area contributed by atoms with Crippen LogP contribution in [0.2, 0.25) is 0 Å². The highest BCUT2D eigenvalue weighted by molar-refractivity contribution is 5.53. The molecule has 1 heterocycles. The molecule has 1 saturated carbocycles. The predicted molar refractivity (Wildman–Crippen MR) is 59.3 cm³/mol. The van der Waals surface area contributed by atoms with Gasteiger partial charge in [-0.15, -0.1) is 0 Å². The summed E-state index contributed by atoms with van der Waals surface area (Å²) >= 11 is 0. The van der Waals surface area contributed by atoms with Crippen LogP contribution in [0, 0.1) is 0 Å². The molecule has 1 aromatic heterocycles. The van der Waals surface area contributed by atoms with E-state index in [1.165, 1.54) is 24.1 Å². The molecule has 14 heavy (non-hydrogen) atoms. The maximum atomic E-state index is 6.03. The van der Waals surface area contributed by atoms with Gasteiger partial charge in [-0.3, -0.25) is 4.98 Å². The van der Waals surface area contributed by atoms with Gasteiger partial charge in [0.15, 0.2) is 0 Å². The van der Waals surface area contributed by atoms with Gasteiger partial charge >= 0.3 is 0 Å². The van der Waals surface area contributed by atoms with E-state index in [4.69, 9.17) is 5.73 Å². The van der Waals surface area contributed by atoms with Gasteiger partial charge in [0, 0.05) is 29.1 Å². The SMILES string of the molecule is CC(C)(C)c1c(N)ccnc1C1CC1. The average molecular weight is 190 g/mol. The summed E-state index contributed by atoms with van der Waals surface area (Å²) in [5.41, 5.74) is 9.52. The summed E-state index contributed by atoms with van der Waals surface area (Å²) in [4.78, 5) is 4.49. The standard InChI is InChI=1S/C12H18N2/c1-12(2,3)10-9(13)6-7-14-11(10)8-4-5-8/h6-8H,4-5H2,1-3H3,(H2,13,14). The predicted octanol–water partition coefficient (Wildman–Crippen LogP) is 2.84. The Labute approximate surface area is 85.5 Å². The lowest BCUT2D eigenvalue weighted by Crippen LogP contribution is -2.17. The lowest BCUT2D eigenvalue weighted by molar-refractivity contribution is 0.580. The van der Waals surface area contributed by atoms with Crippen molar-refractivity contribution >= 4 is 5.69 Å². The van der Waals surface area contributed by atoms with E-state index >= 15 is 0 Å². The van der Waals surface area contributed by atoms with Crippen LogP contribution in [0.25, 0.3) is 0 Å². The third-order valence-electron chi connectivity index (χ3n) is 2.73. The first-order chi connectivity index (χ1) is 6.50. The third kappa shape index (κ3) is 1.61. The van der Waals surface area contributed by atoms with Gasteiger partial charge in [-0.1, -0.05) is 20.8 Å². The topological polar surface area (TPSA) is 38.9 Å². The largest absolute Gasteiger partial charge is 0.398 e. The number of pyridine rings is 1. The molecule has 0 saturated heterocycles. The summed E-state index contributed by atoms with van der Waals surface area (Å²) in [6.45, 7) is 6.60. The van der Waals surface area contributed by atoms with Crippen molar-refractivity contribution in [3.63, 3.8) is 0 Å². The Hall–Kier alpha value is -1.05. The highest BCUT2D eigenvalue weighted by atomic mass is 14.7. The van der Waals surface area contributed by atoms with Gasteiger partial charge in [0.05, 0.1) is 0 Å². The van der Waals surface area contributed by atoms with Gasteiger partial charge in [-0.25, -0.2) is 0 Å². The van der Waals surface area contributed by atoms with Crippen molar-refractivity contribution in [3.05, 3.63) is 23.5 Å². The molecule has 1 aliphatic rings. The summed E-state index contributed by atoms with van der Waals surface area (Å²) in [5, 5.41) is 0. The fourth-order valence-electron chi connectivity index (χ4n) is 1.98. The highest BCUT2D eigenvalue weighted by Crippen LogP contribution is 2.44. The van der Waals surface area contributed by atoms with Crippen molar-refractivity contribution < 1.29 is 0 Å². The Morgan fingerprint density at radius 2 is 2.00 bits per heavy atom. The van der Waals surface area contributed by atoms with Crippen molar-refractivity contribution in [1.29, 1.82) is 0 Å². The van der Waals surface area contributed by atoms with Crippen LogP contribution in [0.5, 0.6) is 0 Å². The Bertz CT molecular complexity index is 346. The van der Waals surface area contributed by atoms with Crippen molar-refractivity contribution in [2.75, 3.05) is 5.73 Å². The second kappa shape index (κ2) is 2.97. The number of hydrogen-bond acceptors (Lipinski definition) is 2. The third-order valence-corrected chi connectivity index (χ3v) is 2.73. The fraction of sp³-hybridized carbons (Fsp3) is 0.583. The monoisotopic (exact) mass is 190 g/mol. The molecule has 1 aromatic rings. The van der Waals surface area contributed by atoms with E-state index < -0.39 is 0 Å². The number of anilines is 1. The van der Waals surface area contributed by atoms with E-state index in [2.05, 4.69) is 25.8 Å². The van der Waals surface area contributed by atoms with Crippen LogP contribution in [0.1, 0.15) is 50.8 Å². The second-order valence-corrected chi connectivity index (χ2v) is 5.18. The minimum atomic E-state index is 0.107. The second-order valence-electron chi connectivity index (χ2n) is 5.18. The number of hydrogen-bond donors (Lipinski definition) is 1. The Kier molecular flexibility index (Phi) is 2.02. The first-order valence-electron chi connectivity index (χ1n) is 5.25. The molecule has 76 valence electrons. The molecule has 0 atom stereocenters. The molecule has 0 bridgehead atoms. The van der Waals surface area contributed by atoms with Gasteiger partial charge < -0.3 is 5.73 Å². The molecule has 2 nitrogen and oxygen atoms in total. The van der Waals surface area contributed by atoms with Crippen LogP contribution < -0.4 is 5.73 Å². The maximum Gasteiger partial charge on any atom is 0.0492 e. The van der Waals surface area contributed by atoms with Crippen LogP contribution in [-0.4, -0.2) is 4.98 Å². The molecular weight excluding hydrogens is 172 g/mol. The smallest absolute Gasteiger partial charge is 0.0492 e. The minimum absolute atomic E-state index is 0.107. The molecule has 0 spiro atoms. The normalized spacial score (nSPS) is 17.1. The maximum absolute atomic E-state index is 6.03. The minimum Gasteiger partial charge on any atom is -0.398 e. The van der Waals surface area contributed by atoms with Crippen molar-refractivity contribution in [2.24, 2.45) is 0 Å². The molecular formula is C12H18N2. The summed E-state index contributed by atoms with van der Waals surface area (Å²) < 4.78 is 0. The van der Waals surface area contributed by atoms with Gasteiger partial charge in [0.2, 0.25) is 0 Å². The summed E-state index contributed by atoms with van der Waals surface area (Å²) in [7, 11) is 0. The van der Waals surface area contributed by atoms with E-state index in [9.17, 15) is 0 Å². The summed E-state index contributed by atoms with van der Waals surface area (Å²) in [6, 6.07) is 1.91. The zero-order chi connectivity index (χ0) is 10.3. The molecule has 0 aliphatic heterocycles. The molecule has 0 amide bonds. The summed E-state index contributed by atoms with van der Waals surface area (Å²) in [6.07, 6.45) is 4.39. The van der Waals surface area contributed by atoms with Gasteiger partial charge in [0.1, 0.15) is 0 Å². The number of rotatable bonds is 1. The van der Waals surface area contributed by atoms with Crippen LogP contribution >= 0.6 is 0 Å². The Morgan fingerprint density at radius 3 is 2.50 bits per heavy atom. The zero-order valence-electron chi connectivity index (χ0n) is 9.17. The molecule has 2 heteroatoms.